The van der Waals surface area contributed by atoms with Crippen molar-refractivity contribution in [1.29, 1.82) is 0 Å². The average molecular weight is 344 g/mol. The minimum absolute atomic E-state index is 0.197. The highest BCUT2D eigenvalue weighted by Crippen LogP contribution is 2.23. The van der Waals surface area contributed by atoms with Crippen LogP contribution in [0, 0.1) is 13.8 Å². The molecule has 0 fully saturated rings. The number of rotatable bonds is 5. The summed E-state index contributed by atoms with van der Waals surface area (Å²) in [6.45, 7) is 3.38. The van der Waals surface area contributed by atoms with Crippen LogP contribution in [0.25, 0.3) is 0 Å². The summed E-state index contributed by atoms with van der Waals surface area (Å²) >= 11 is 0. The molecule has 0 aliphatic rings. The fourth-order valence-corrected chi connectivity index (χ4v) is 2.48. The molecule has 0 radical (unpaired) electrons. The van der Waals surface area contributed by atoms with Crippen LogP contribution in [-0.2, 0) is 11.8 Å². The van der Waals surface area contributed by atoms with E-state index in [1.54, 1.807) is 31.6 Å². The van der Waals surface area contributed by atoms with Gasteiger partial charge in [-0.2, -0.15) is 5.10 Å². The van der Waals surface area contributed by atoms with Gasteiger partial charge in [0.2, 0.25) is 0 Å². The van der Waals surface area contributed by atoms with E-state index < -0.39 is 17.6 Å². The van der Waals surface area contributed by atoms with Gasteiger partial charge in [-0.1, -0.05) is 0 Å². The van der Waals surface area contributed by atoms with Crippen molar-refractivity contribution in [3.8, 4) is 5.75 Å². The number of amides is 2. The summed E-state index contributed by atoms with van der Waals surface area (Å²) in [7, 11) is 4.64. The van der Waals surface area contributed by atoms with Crippen molar-refractivity contribution < 1.29 is 19.1 Å². The average Bonchev–Trinajstić information content (AvgIpc) is 2.85. The van der Waals surface area contributed by atoms with Gasteiger partial charge in [0.1, 0.15) is 5.75 Å². The van der Waals surface area contributed by atoms with E-state index in [0.717, 1.165) is 0 Å². The maximum Gasteiger partial charge on any atom is 0.296 e. The van der Waals surface area contributed by atoms with Crippen LogP contribution in [0.2, 0.25) is 0 Å². The van der Waals surface area contributed by atoms with Crippen LogP contribution in [0.5, 0.6) is 5.75 Å². The molecule has 1 heterocycles. The number of nitrogens with zero attached hydrogens (tertiary/aromatic N) is 2. The summed E-state index contributed by atoms with van der Waals surface area (Å²) < 4.78 is 6.63. The number of carbonyl (C=O) groups excluding carboxylic acids is 3. The number of hydrogen-bond acceptors (Lipinski definition) is 5. The smallest absolute Gasteiger partial charge is 0.296 e. The second-order valence-electron chi connectivity index (χ2n) is 5.44. The minimum atomic E-state index is -0.838. The quantitative estimate of drug-likeness (QED) is 0.627. The Morgan fingerprint density at radius 2 is 1.88 bits per heavy atom. The molecule has 8 heteroatoms. The Labute approximate surface area is 145 Å². The molecule has 132 valence electrons. The Balaban J connectivity index is 2.34. The van der Waals surface area contributed by atoms with Gasteiger partial charge >= 0.3 is 0 Å². The lowest BCUT2D eigenvalue weighted by Gasteiger charge is -2.11. The molecule has 1 aromatic carbocycles. The number of hydrogen-bond donors (Lipinski definition) is 2. The Morgan fingerprint density at radius 1 is 1.20 bits per heavy atom. The van der Waals surface area contributed by atoms with Crippen LogP contribution in [0.4, 0.5) is 5.69 Å². The first kappa shape index (κ1) is 18.2. The second kappa shape index (κ2) is 7.16. The molecule has 2 aromatic rings. The predicted molar refractivity (Wildman–Crippen MR) is 92.0 cm³/mol. The van der Waals surface area contributed by atoms with Crippen LogP contribution in [0.1, 0.15) is 32.1 Å². The number of nitrogens with one attached hydrogen (secondary N) is 2. The summed E-state index contributed by atoms with van der Waals surface area (Å²) in [6, 6.07) is 4.59. The molecule has 25 heavy (non-hydrogen) atoms. The minimum Gasteiger partial charge on any atom is -0.497 e. The second-order valence-corrected chi connectivity index (χ2v) is 5.44. The van der Waals surface area contributed by atoms with Crippen molar-refractivity contribution >= 4 is 23.3 Å². The molecule has 1 aromatic heterocycles. The molecule has 2 rings (SSSR count). The molecule has 0 saturated carbocycles. The monoisotopic (exact) mass is 344 g/mol. The van der Waals surface area contributed by atoms with Crippen molar-refractivity contribution in [3.63, 3.8) is 0 Å². The molecule has 0 aliphatic carbocycles. The van der Waals surface area contributed by atoms with E-state index in [1.165, 1.54) is 26.3 Å². The number of ketones is 1. The van der Waals surface area contributed by atoms with Gasteiger partial charge in [0.05, 0.1) is 29.6 Å². The highest BCUT2D eigenvalue weighted by molar-refractivity contribution is 6.47. The zero-order valence-corrected chi connectivity index (χ0v) is 14.8. The Kier molecular flexibility index (Phi) is 5.21. The van der Waals surface area contributed by atoms with Crippen molar-refractivity contribution in [2.45, 2.75) is 13.8 Å². The molecule has 0 spiro atoms. The topological polar surface area (TPSA) is 102 Å². The lowest BCUT2D eigenvalue weighted by Crippen LogP contribution is -2.26. The number of aromatic nitrogens is 2. The van der Waals surface area contributed by atoms with E-state index >= 15 is 0 Å². The molecule has 2 N–H and O–H groups in total. The normalized spacial score (nSPS) is 10.3. The maximum absolute atomic E-state index is 12.5. The number of Topliss-reactive ketones (excluding diaryl/α,β-unsaturated/α-hetero) is 1. The third-order valence-electron chi connectivity index (χ3n) is 3.89. The van der Waals surface area contributed by atoms with Crippen LogP contribution in [0.3, 0.4) is 0 Å². The van der Waals surface area contributed by atoms with Crippen molar-refractivity contribution in [2.75, 3.05) is 19.5 Å². The number of anilines is 1. The van der Waals surface area contributed by atoms with E-state index in [0.29, 0.717) is 17.1 Å². The largest absolute Gasteiger partial charge is 0.497 e. The van der Waals surface area contributed by atoms with Gasteiger partial charge in [-0.25, -0.2) is 0 Å². The number of benzene rings is 1. The number of aryl methyl sites for hydroxylation is 2. The van der Waals surface area contributed by atoms with E-state index in [9.17, 15) is 14.4 Å². The van der Waals surface area contributed by atoms with Crippen LogP contribution < -0.4 is 15.4 Å². The molecule has 0 bridgehead atoms. The van der Waals surface area contributed by atoms with Crippen molar-refractivity contribution in [1.82, 2.24) is 15.1 Å². The maximum atomic E-state index is 12.5. The molecular formula is C17H20N4O4. The van der Waals surface area contributed by atoms with Gasteiger partial charge in [0.15, 0.2) is 0 Å². The van der Waals surface area contributed by atoms with Crippen LogP contribution in [0.15, 0.2) is 18.2 Å². The van der Waals surface area contributed by atoms with Crippen LogP contribution >= 0.6 is 0 Å². The number of methoxy groups -OCH3 is 1. The first-order valence-electron chi connectivity index (χ1n) is 7.56. The standard InChI is InChI=1S/C17H20N4O4/c1-9-14(10(2)21(4)20-9)15(22)17(24)19-13-7-6-11(25-5)8-12(13)16(23)18-3/h6-8H,1-5H3,(H,18,23)(H,19,24). The van der Waals surface area contributed by atoms with Gasteiger partial charge < -0.3 is 15.4 Å². The van der Waals surface area contributed by atoms with Gasteiger partial charge in [-0.3, -0.25) is 19.1 Å². The van der Waals surface area contributed by atoms with E-state index in [-0.39, 0.29) is 16.8 Å². The first-order chi connectivity index (χ1) is 11.8. The number of ether oxygens (including phenoxy) is 1. The van der Waals surface area contributed by atoms with Gasteiger partial charge in [0, 0.05) is 19.8 Å². The highest BCUT2D eigenvalue weighted by atomic mass is 16.5. The summed E-state index contributed by atoms with van der Waals surface area (Å²) in [5.41, 5.74) is 1.75. The van der Waals surface area contributed by atoms with E-state index in [2.05, 4.69) is 15.7 Å². The first-order valence-corrected chi connectivity index (χ1v) is 7.56. The van der Waals surface area contributed by atoms with Gasteiger partial charge in [-0.05, 0) is 32.0 Å². The molecule has 0 atom stereocenters. The zero-order chi connectivity index (χ0) is 18.7. The van der Waals surface area contributed by atoms with Gasteiger partial charge in [-0.15, -0.1) is 0 Å². The van der Waals surface area contributed by atoms with Crippen molar-refractivity contribution in [3.05, 3.63) is 40.7 Å². The Morgan fingerprint density at radius 3 is 2.40 bits per heavy atom. The number of carbonyl (C=O) groups is 3. The zero-order valence-electron chi connectivity index (χ0n) is 14.8. The third-order valence-corrected chi connectivity index (χ3v) is 3.89. The third kappa shape index (κ3) is 3.52. The SMILES string of the molecule is CNC(=O)c1cc(OC)ccc1NC(=O)C(=O)c1c(C)nn(C)c1C. The lowest BCUT2D eigenvalue weighted by molar-refractivity contribution is -0.112. The fraction of sp³-hybridized carbons (Fsp3) is 0.294. The molecule has 0 saturated heterocycles. The molecular weight excluding hydrogens is 324 g/mol. The Hall–Kier alpha value is -3.16. The summed E-state index contributed by atoms with van der Waals surface area (Å²) in [4.78, 5) is 36.9. The van der Waals surface area contributed by atoms with E-state index in [1.807, 2.05) is 0 Å². The summed E-state index contributed by atoms with van der Waals surface area (Å²) in [5.74, 6) is -1.49. The van der Waals surface area contributed by atoms with E-state index in [4.69, 9.17) is 4.74 Å². The highest BCUT2D eigenvalue weighted by Gasteiger charge is 2.25. The summed E-state index contributed by atoms with van der Waals surface area (Å²) in [6.07, 6.45) is 0. The molecule has 0 aliphatic heterocycles. The van der Waals surface area contributed by atoms with Crippen molar-refractivity contribution in [2.24, 2.45) is 7.05 Å². The Bertz CT molecular complexity index is 855. The summed E-state index contributed by atoms with van der Waals surface area (Å²) in [5, 5.41) is 9.12. The molecule has 0 unspecified atom stereocenters. The lowest BCUT2D eigenvalue weighted by atomic mass is 10.1. The molecule has 8 nitrogen and oxygen atoms in total. The predicted octanol–water partition coefficient (Wildman–Crippen LogP) is 1.23. The molecule has 2 amide bonds. The van der Waals surface area contributed by atoms with Crippen LogP contribution in [-0.4, -0.2) is 41.5 Å². The van der Waals surface area contributed by atoms with Gasteiger partial charge in [0.25, 0.3) is 17.6 Å². The fourth-order valence-electron chi connectivity index (χ4n) is 2.48.